The van der Waals surface area contributed by atoms with Gasteiger partial charge in [-0.3, -0.25) is 9.88 Å². The van der Waals surface area contributed by atoms with Gasteiger partial charge < -0.3 is 5.32 Å². The predicted octanol–water partition coefficient (Wildman–Crippen LogP) is 3.40. The molecule has 1 N–H and O–H groups in total. The molecule has 1 aromatic rings. The van der Waals surface area contributed by atoms with Gasteiger partial charge in [-0.1, -0.05) is 6.07 Å². The molecule has 0 aromatic carbocycles. The Hall–Kier alpha value is -2.57. The highest BCUT2D eigenvalue weighted by Crippen LogP contribution is 2.36. The average Bonchev–Trinajstić information content (AvgIpc) is 2.55. The average molecular weight is 335 g/mol. The first-order valence-corrected chi connectivity index (χ1v) is 7.49. The van der Waals surface area contributed by atoms with Crippen molar-refractivity contribution in [3.05, 3.63) is 59.2 Å². The maximum Gasteiger partial charge on any atom is 0.416 e. The largest absolute Gasteiger partial charge is 0.416 e. The Morgan fingerprint density at radius 3 is 2.88 bits per heavy atom. The second kappa shape index (κ2) is 6.14. The number of nitrogens with one attached hydrogen (secondary N) is 1. The van der Waals surface area contributed by atoms with Crippen LogP contribution < -0.4 is 5.32 Å². The number of pyridine rings is 1. The lowest BCUT2D eigenvalue weighted by molar-refractivity contribution is -0.0885. The molecule has 0 amide bonds. The van der Waals surface area contributed by atoms with Crippen molar-refractivity contribution in [3.8, 4) is 0 Å². The number of hydrogen-bond acceptors (Lipinski definition) is 4. The van der Waals surface area contributed by atoms with Crippen molar-refractivity contribution in [1.29, 1.82) is 0 Å². The fourth-order valence-electron chi connectivity index (χ4n) is 2.59. The summed E-state index contributed by atoms with van der Waals surface area (Å²) >= 11 is 0. The van der Waals surface area contributed by atoms with Crippen LogP contribution in [-0.4, -0.2) is 35.1 Å². The molecule has 0 saturated carbocycles. The van der Waals surface area contributed by atoms with E-state index in [1.807, 2.05) is 6.92 Å². The Morgan fingerprint density at radius 2 is 2.21 bits per heavy atom. The topological polar surface area (TPSA) is 40.5 Å². The zero-order chi connectivity index (χ0) is 18.2. The SMILES string of the molecule is [2H]C1N=C(NCC)N2C=CC(C(F)(F)F)=CC2=C1c1cccnc1C. The second-order valence-corrected chi connectivity index (χ2v) is 5.33. The smallest absolute Gasteiger partial charge is 0.356 e. The van der Waals surface area contributed by atoms with Gasteiger partial charge in [0.15, 0.2) is 0 Å². The van der Waals surface area contributed by atoms with Crippen LogP contribution in [0.1, 0.15) is 19.6 Å². The van der Waals surface area contributed by atoms with E-state index in [-0.39, 0.29) is 5.70 Å². The van der Waals surface area contributed by atoms with Crippen molar-refractivity contribution < 1.29 is 14.5 Å². The van der Waals surface area contributed by atoms with Gasteiger partial charge in [-0.25, -0.2) is 4.99 Å². The molecule has 0 saturated heterocycles. The number of aryl methyl sites for hydroxylation is 1. The number of alkyl halides is 3. The number of allylic oxidation sites excluding steroid dienone is 3. The molecule has 0 aliphatic carbocycles. The van der Waals surface area contributed by atoms with Crippen molar-refractivity contribution in [2.24, 2.45) is 4.99 Å². The van der Waals surface area contributed by atoms with Gasteiger partial charge in [0.25, 0.3) is 0 Å². The molecule has 4 nitrogen and oxygen atoms in total. The summed E-state index contributed by atoms with van der Waals surface area (Å²) in [5.74, 6) is 0.358. The quantitative estimate of drug-likeness (QED) is 0.900. The maximum atomic E-state index is 13.2. The fraction of sp³-hybridized carbons (Fsp3) is 0.294. The van der Waals surface area contributed by atoms with E-state index in [2.05, 4.69) is 15.3 Å². The summed E-state index contributed by atoms with van der Waals surface area (Å²) in [4.78, 5) is 10.0. The molecule has 3 rings (SSSR count). The molecule has 0 spiro atoms. The minimum absolute atomic E-state index is 0.289. The van der Waals surface area contributed by atoms with E-state index >= 15 is 0 Å². The van der Waals surface area contributed by atoms with Crippen LogP contribution in [0.4, 0.5) is 13.2 Å². The molecule has 0 radical (unpaired) electrons. The van der Waals surface area contributed by atoms with Crippen molar-refractivity contribution >= 4 is 11.5 Å². The number of guanidine groups is 1. The van der Waals surface area contributed by atoms with Crippen molar-refractivity contribution in [2.75, 3.05) is 13.1 Å². The molecule has 24 heavy (non-hydrogen) atoms. The van der Waals surface area contributed by atoms with E-state index < -0.39 is 18.3 Å². The predicted molar refractivity (Wildman–Crippen MR) is 87.0 cm³/mol. The summed E-state index contributed by atoms with van der Waals surface area (Å²) in [6.45, 7) is 3.12. The lowest BCUT2D eigenvalue weighted by atomic mass is 9.98. The molecule has 1 aromatic heterocycles. The molecule has 1 unspecified atom stereocenters. The third-order valence-electron chi connectivity index (χ3n) is 3.73. The number of hydrogen-bond donors (Lipinski definition) is 1. The van der Waals surface area contributed by atoms with Crippen LogP contribution >= 0.6 is 0 Å². The molecular weight excluding hydrogens is 317 g/mol. The summed E-state index contributed by atoms with van der Waals surface area (Å²) in [7, 11) is 0. The van der Waals surface area contributed by atoms with Gasteiger partial charge >= 0.3 is 6.18 Å². The highest BCUT2D eigenvalue weighted by molar-refractivity contribution is 5.91. The maximum absolute atomic E-state index is 13.2. The molecule has 1 atom stereocenters. The molecule has 2 aliphatic rings. The van der Waals surface area contributed by atoms with Crippen molar-refractivity contribution in [3.63, 3.8) is 0 Å². The van der Waals surface area contributed by atoms with E-state index in [9.17, 15) is 13.2 Å². The van der Waals surface area contributed by atoms with Crippen molar-refractivity contribution in [2.45, 2.75) is 20.0 Å². The fourth-order valence-corrected chi connectivity index (χ4v) is 2.59. The van der Waals surface area contributed by atoms with Gasteiger partial charge in [0, 0.05) is 35.8 Å². The van der Waals surface area contributed by atoms with E-state index in [1.165, 1.54) is 6.20 Å². The molecule has 126 valence electrons. The third-order valence-corrected chi connectivity index (χ3v) is 3.73. The normalized spacial score (nSPS) is 21.1. The highest BCUT2D eigenvalue weighted by Gasteiger charge is 2.36. The zero-order valence-electron chi connectivity index (χ0n) is 14.2. The Kier molecular flexibility index (Phi) is 3.84. The molecule has 7 heteroatoms. The number of halogens is 3. The number of nitrogens with zero attached hydrogens (tertiary/aromatic N) is 3. The van der Waals surface area contributed by atoms with Crippen LogP contribution in [0.25, 0.3) is 5.57 Å². The Balaban J connectivity index is 2.20. The lowest BCUT2D eigenvalue weighted by Crippen LogP contribution is -2.41. The van der Waals surface area contributed by atoms with Gasteiger partial charge in [-0.05, 0) is 32.1 Å². The lowest BCUT2D eigenvalue weighted by Gasteiger charge is -2.33. The summed E-state index contributed by atoms with van der Waals surface area (Å²) in [6.07, 6.45) is 0.546. The van der Waals surface area contributed by atoms with Crippen molar-refractivity contribution in [1.82, 2.24) is 15.2 Å². The Morgan fingerprint density at radius 1 is 1.42 bits per heavy atom. The highest BCUT2D eigenvalue weighted by atomic mass is 19.4. The van der Waals surface area contributed by atoms with Crippen LogP contribution in [0.5, 0.6) is 0 Å². The van der Waals surface area contributed by atoms with Crippen LogP contribution in [-0.2, 0) is 0 Å². The van der Waals surface area contributed by atoms with Crippen LogP contribution in [0, 0.1) is 6.92 Å². The van der Waals surface area contributed by atoms with E-state index in [0.29, 0.717) is 29.3 Å². The first-order valence-electron chi connectivity index (χ1n) is 8.07. The minimum Gasteiger partial charge on any atom is -0.356 e. The molecule has 0 bridgehead atoms. The second-order valence-electron chi connectivity index (χ2n) is 5.33. The molecule has 0 fully saturated rings. The third kappa shape index (κ3) is 2.93. The number of rotatable bonds is 2. The number of fused-ring (bicyclic) bond motifs is 1. The summed E-state index contributed by atoms with van der Waals surface area (Å²) < 4.78 is 47.9. The minimum atomic E-state index is -4.46. The van der Waals surface area contributed by atoms with Gasteiger partial charge in [-0.15, -0.1) is 0 Å². The monoisotopic (exact) mass is 335 g/mol. The van der Waals surface area contributed by atoms with Crippen LogP contribution in [0.15, 0.2) is 52.9 Å². The summed E-state index contributed by atoms with van der Waals surface area (Å²) in [5, 5.41) is 3.00. The van der Waals surface area contributed by atoms with E-state index in [0.717, 1.165) is 12.2 Å². The van der Waals surface area contributed by atoms with Gasteiger partial charge in [0.2, 0.25) is 5.96 Å². The van der Waals surface area contributed by atoms with Gasteiger partial charge in [-0.2, -0.15) is 13.2 Å². The van der Waals surface area contributed by atoms with E-state index in [4.69, 9.17) is 1.37 Å². The molecular formula is C17H17F3N4. The summed E-state index contributed by atoms with van der Waals surface area (Å²) in [5.41, 5.74) is 1.19. The molecule has 3 heterocycles. The van der Waals surface area contributed by atoms with Gasteiger partial charge in [0.05, 0.1) is 19.2 Å². The summed E-state index contributed by atoms with van der Waals surface area (Å²) in [6, 6.07) is 3.45. The standard InChI is InChI=1S/C17H17F3N4/c1-3-21-16-23-10-14(13-5-4-7-22-11(13)2)15-9-12(17(18,19)20)6-8-24(15)16/h4-9H,3,10H2,1-2H3,(H,21,23)/i10D. The zero-order valence-corrected chi connectivity index (χ0v) is 13.2. The first-order chi connectivity index (χ1) is 11.8. The Labute approximate surface area is 139 Å². The molecule has 2 aliphatic heterocycles. The number of aromatic nitrogens is 1. The Bertz CT molecular complexity index is 808. The van der Waals surface area contributed by atoms with Gasteiger partial charge in [0.1, 0.15) is 0 Å². The first kappa shape index (κ1) is 15.0. The van der Waals surface area contributed by atoms with Crippen LogP contribution in [0.2, 0.25) is 0 Å². The number of aliphatic imine (C=N–C) groups is 1. The van der Waals surface area contributed by atoms with E-state index in [1.54, 1.807) is 30.2 Å². The van der Waals surface area contributed by atoms with Crippen LogP contribution in [0.3, 0.4) is 0 Å².